The summed E-state index contributed by atoms with van der Waals surface area (Å²) in [7, 11) is 0. The molecule has 1 nitrogen and oxygen atoms in total. The number of hydrogen-bond acceptors (Lipinski definition) is 1. The Kier molecular flexibility index (Phi) is 7.92. The van der Waals surface area contributed by atoms with Crippen molar-refractivity contribution in [1.29, 1.82) is 0 Å². The molecule has 96 valence electrons. The fourth-order valence-corrected chi connectivity index (χ4v) is 3.16. The zero-order valence-corrected chi connectivity index (χ0v) is 11.2. The molecular formula is C15H31N. The van der Waals surface area contributed by atoms with Crippen LogP contribution >= 0.6 is 0 Å². The zero-order chi connectivity index (χ0) is 11.6. The van der Waals surface area contributed by atoms with E-state index in [-0.39, 0.29) is 0 Å². The van der Waals surface area contributed by atoms with E-state index in [4.69, 9.17) is 5.73 Å². The van der Waals surface area contributed by atoms with Gasteiger partial charge in [-0.05, 0) is 24.8 Å². The maximum atomic E-state index is 5.86. The van der Waals surface area contributed by atoms with Crippen LogP contribution in [0.15, 0.2) is 0 Å². The Bertz CT molecular complexity index is 156. The lowest BCUT2D eigenvalue weighted by atomic mass is 9.76. The lowest BCUT2D eigenvalue weighted by Crippen LogP contribution is -2.26. The van der Waals surface area contributed by atoms with Crippen molar-refractivity contribution in [1.82, 2.24) is 0 Å². The van der Waals surface area contributed by atoms with Crippen LogP contribution in [0.2, 0.25) is 0 Å². The molecule has 0 aromatic rings. The summed E-state index contributed by atoms with van der Waals surface area (Å²) >= 11 is 0. The quantitative estimate of drug-likeness (QED) is 0.605. The first kappa shape index (κ1) is 14.0. The van der Waals surface area contributed by atoms with Crippen molar-refractivity contribution in [2.75, 3.05) is 6.54 Å². The van der Waals surface area contributed by atoms with Crippen molar-refractivity contribution in [3.8, 4) is 0 Å². The number of unbranched alkanes of at least 4 members (excludes halogenated alkanes) is 5. The maximum absolute atomic E-state index is 5.86. The highest BCUT2D eigenvalue weighted by atomic mass is 14.6. The Hall–Kier alpha value is -0.0400. The van der Waals surface area contributed by atoms with Gasteiger partial charge in [0.05, 0.1) is 0 Å². The van der Waals surface area contributed by atoms with Gasteiger partial charge in [0.1, 0.15) is 0 Å². The van der Waals surface area contributed by atoms with E-state index in [2.05, 4.69) is 6.92 Å². The van der Waals surface area contributed by atoms with Crippen LogP contribution in [0.1, 0.15) is 77.6 Å². The summed E-state index contributed by atoms with van der Waals surface area (Å²) in [5.74, 6) is 1.81. The predicted molar refractivity (Wildman–Crippen MR) is 72.5 cm³/mol. The molecule has 16 heavy (non-hydrogen) atoms. The van der Waals surface area contributed by atoms with Crippen LogP contribution in [0.3, 0.4) is 0 Å². The first-order valence-corrected chi connectivity index (χ1v) is 7.58. The molecule has 0 aromatic heterocycles. The number of rotatable bonds is 8. The molecule has 0 saturated heterocycles. The molecule has 0 aromatic carbocycles. The minimum Gasteiger partial charge on any atom is -0.330 e. The highest BCUT2D eigenvalue weighted by Gasteiger charge is 2.22. The van der Waals surface area contributed by atoms with Crippen LogP contribution < -0.4 is 5.73 Å². The maximum Gasteiger partial charge on any atom is -0.00462 e. The van der Waals surface area contributed by atoms with Crippen molar-refractivity contribution in [3.05, 3.63) is 0 Å². The molecule has 0 amide bonds. The Morgan fingerprint density at radius 2 is 1.50 bits per heavy atom. The van der Waals surface area contributed by atoms with Gasteiger partial charge in [0.25, 0.3) is 0 Å². The van der Waals surface area contributed by atoms with Crippen molar-refractivity contribution in [2.45, 2.75) is 77.6 Å². The summed E-state index contributed by atoms with van der Waals surface area (Å²) in [6.07, 6.45) is 15.8. The molecule has 2 N–H and O–H groups in total. The normalized spacial score (nSPS) is 25.9. The number of nitrogens with two attached hydrogens (primary N) is 1. The average molecular weight is 225 g/mol. The molecule has 1 saturated carbocycles. The van der Waals surface area contributed by atoms with E-state index in [0.717, 1.165) is 18.4 Å². The molecule has 0 aliphatic heterocycles. The molecule has 2 unspecified atom stereocenters. The largest absolute Gasteiger partial charge is 0.330 e. The minimum atomic E-state index is 0.851. The molecule has 1 heteroatoms. The van der Waals surface area contributed by atoms with E-state index in [0.29, 0.717) is 0 Å². The van der Waals surface area contributed by atoms with Gasteiger partial charge in [-0.15, -0.1) is 0 Å². The van der Waals surface area contributed by atoms with Gasteiger partial charge in [-0.25, -0.2) is 0 Å². The summed E-state index contributed by atoms with van der Waals surface area (Å²) in [5.41, 5.74) is 5.86. The molecule has 0 heterocycles. The van der Waals surface area contributed by atoms with Crippen LogP contribution in [-0.4, -0.2) is 6.54 Å². The van der Waals surface area contributed by atoms with Crippen molar-refractivity contribution in [3.63, 3.8) is 0 Å². The summed E-state index contributed by atoms with van der Waals surface area (Å²) in [4.78, 5) is 0. The fourth-order valence-electron chi connectivity index (χ4n) is 3.16. The third-order valence-corrected chi connectivity index (χ3v) is 4.30. The highest BCUT2D eigenvalue weighted by molar-refractivity contribution is 4.75. The first-order valence-electron chi connectivity index (χ1n) is 7.58. The zero-order valence-electron chi connectivity index (χ0n) is 11.2. The standard InChI is InChI=1S/C15H31N/c1-2-3-4-5-6-7-10-14-11-8-9-12-15(14)13-16/h14-15H,2-13,16H2,1H3. The minimum absolute atomic E-state index is 0.851. The lowest BCUT2D eigenvalue weighted by molar-refractivity contribution is 0.224. The van der Waals surface area contributed by atoms with E-state index < -0.39 is 0 Å². The van der Waals surface area contributed by atoms with Gasteiger partial charge in [0.15, 0.2) is 0 Å². The van der Waals surface area contributed by atoms with Gasteiger partial charge >= 0.3 is 0 Å². The van der Waals surface area contributed by atoms with Gasteiger partial charge in [0, 0.05) is 0 Å². The Balaban J connectivity index is 2.02. The van der Waals surface area contributed by atoms with Crippen LogP contribution in [0.4, 0.5) is 0 Å². The van der Waals surface area contributed by atoms with E-state index >= 15 is 0 Å². The number of hydrogen-bond donors (Lipinski definition) is 1. The van der Waals surface area contributed by atoms with Gasteiger partial charge in [0.2, 0.25) is 0 Å². The molecule has 1 fully saturated rings. The van der Waals surface area contributed by atoms with E-state index in [1.165, 1.54) is 70.6 Å². The second-order valence-corrected chi connectivity index (χ2v) is 5.60. The molecule has 1 aliphatic rings. The molecule has 1 rings (SSSR count). The monoisotopic (exact) mass is 225 g/mol. The second kappa shape index (κ2) is 9.04. The van der Waals surface area contributed by atoms with E-state index in [1.54, 1.807) is 0 Å². The fraction of sp³-hybridized carbons (Fsp3) is 1.00. The first-order chi connectivity index (χ1) is 7.88. The van der Waals surface area contributed by atoms with E-state index in [9.17, 15) is 0 Å². The van der Waals surface area contributed by atoms with Crippen molar-refractivity contribution < 1.29 is 0 Å². The third-order valence-electron chi connectivity index (χ3n) is 4.30. The van der Waals surface area contributed by atoms with Crippen molar-refractivity contribution in [2.24, 2.45) is 17.6 Å². The Morgan fingerprint density at radius 1 is 0.875 bits per heavy atom. The SMILES string of the molecule is CCCCCCCCC1CCCCC1CN. The molecule has 0 bridgehead atoms. The van der Waals surface area contributed by atoms with Crippen LogP contribution in [-0.2, 0) is 0 Å². The van der Waals surface area contributed by atoms with Gasteiger partial charge in [-0.3, -0.25) is 0 Å². The molecule has 0 radical (unpaired) electrons. The van der Waals surface area contributed by atoms with Gasteiger partial charge in [-0.1, -0.05) is 71.1 Å². The Labute approximate surface area is 102 Å². The second-order valence-electron chi connectivity index (χ2n) is 5.60. The highest BCUT2D eigenvalue weighted by Crippen LogP contribution is 2.32. The average Bonchev–Trinajstić information content (AvgIpc) is 2.34. The van der Waals surface area contributed by atoms with Crippen LogP contribution in [0.5, 0.6) is 0 Å². The smallest absolute Gasteiger partial charge is 0.00462 e. The van der Waals surface area contributed by atoms with Crippen LogP contribution in [0, 0.1) is 11.8 Å². The third kappa shape index (κ3) is 5.34. The molecule has 1 aliphatic carbocycles. The Morgan fingerprint density at radius 3 is 2.19 bits per heavy atom. The summed E-state index contributed by atoms with van der Waals surface area (Å²) in [6.45, 7) is 3.22. The molecule has 2 atom stereocenters. The summed E-state index contributed by atoms with van der Waals surface area (Å²) < 4.78 is 0. The molecular weight excluding hydrogens is 194 g/mol. The van der Waals surface area contributed by atoms with Gasteiger partial charge < -0.3 is 5.73 Å². The topological polar surface area (TPSA) is 26.0 Å². The van der Waals surface area contributed by atoms with Gasteiger partial charge in [-0.2, -0.15) is 0 Å². The summed E-state index contributed by atoms with van der Waals surface area (Å²) in [5, 5.41) is 0. The lowest BCUT2D eigenvalue weighted by Gasteiger charge is -2.30. The van der Waals surface area contributed by atoms with E-state index in [1.807, 2.05) is 0 Å². The van der Waals surface area contributed by atoms with Crippen LogP contribution in [0.25, 0.3) is 0 Å². The molecule has 0 spiro atoms. The summed E-state index contributed by atoms with van der Waals surface area (Å²) in [6, 6.07) is 0. The van der Waals surface area contributed by atoms with Crippen molar-refractivity contribution >= 4 is 0 Å². The predicted octanol–water partition coefficient (Wildman–Crippen LogP) is 4.50.